The molecular formula is C21H40N2O2. The quantitative estimate of drug-likeness (QED) is 0.745. The van der Waals surface area contributed by atoms with Crippen molar-refractivity contribution in [2.75, 3.05) is 13.2 Å². The molecule has 4 atom stereocenters. The minimum atomic E-state index is -0.387. The molecule has 2 N–H and O–H groups in total. The zero-order valence-corrected chi connectivity index (χ0v) is 17.6. The molecule has 0 bridgehead atoms. The average Bonchev–Trinajstić information content (AvgIpc) is 2.94. The van der Waals surface area contributed by atoms with Crippen LogP contribution < -0.4 is 5.32 Å². The summed E-state index contributed by atoms with van der Waals surface area (Å²) in [6.45, 7) is 18.4. The lowest BCUT2D eigenvalue weighted by atomic mass is 9.61. The molecule has 0 radical (unpaired) electrons. The van der Waals surface area contributed by atoms with Crippen LogP contribution in [0.5, 0.6) is 0 Å². The van der Waals surface area contributed by atoms with Gasteiger partial charge in [-0.25, -0.2) is 0 Å². The number of fused-ring (bicyclic) bond motifs is 1. The van der Waals surface area contributed by atoms with Gasteiger partial charge in [-0.3, -0.25) is 0 Å². The maximum atomic E-state index is 9.74. The monoisotopic (exact) mass is 352 g/mol. The van der Waals surface area contributed by atoms with Crippen LogP contribution in [0.15, 0.2) is 17.3 Å². The standard InChI is InChI=1S/C19H34N2O2.C2H6/c1-7-8-16-17-18(5,6)20-12-15(11-14(4)13(2)3)19(17,9-10-22)23-21-16;1-2/h7-8,13-15,17,20,22H,9-12H2,1-6H3;1-2H3/b8-7+;. The second-order valence-corrected chi connectivity index (χ2v) is 8.23. The molecule has 2 aliphatic rings. The average molecular weight is 353 g/mol. The smallest absolute Gasteiger partial charge is 0.154 e. The van der Waals surface area contributed by atoms with Gasteiger partial charge < -0.3 is 15.3 Å². The maximum absolute atomic E-state index is 9.74. The number of hydrogen-bond donors (Lipinski definition) is 2. The summed E-state index contributed by atoms with van der Waals surface area (Å²) in [6, 6.07) is 0. The van der Waals surface area contributed by atoms with Gasteiger partial charge >= 0.3 is 0 Å². The van der Waals surface area contributed by atoms with Crippen LogP contribution >= 0.6 is 0 Å². The predicted molar refractivity (Wildman–Crippen MR) is 107 cm³/mol. The number of nitrogens with one attached hydrogen (secondary N) is 1. The number of hydrogen-bond acceptors (Lipinski definition) is 4. The van der Waals surface area contributed by atoms with E-state index in [2.05, 4.69) is 51.2 Å². The Labute approximate surface area is 155 Å². The molecule has 2 heterocycles. The molecule has 0 aromatic carbocycles. The van der Waals surface area contributed by atoms with Crippen LogP contribution in [0.2, 0.25) is 0 Å². The summed E-state index contributed by atoms with van der Waals surface area (Å²) in [5, 5.41) is 17.9. The van der Waals surface area contributed by atoms with Crippen molar-refractivity contribution in [2.45, 2.75) is 79.4 Å². The molecule has 25 heavy (non-hydrogen) atoms. The van der Waals surface area contributed by atoms with E-state index in [1.54, 1.807) is 0 Å². The predicted octanol–water partition coefficient (Wildman–Crippen LogP) is 4.39. The molecule has 2 aliphatic heterocycles. The second-order valence-electron chi connectivity index (χ2n) is 8.23. The number of rotatable bonds is 6. The number of nitrogens with zero attached hydrogens (tertiary/aromatic N) is 1. The van der Waals surface area contributed by atoms with Gasteiger partial charge in [0, 0.05) is 31.0 Å². The van der Waals surface area contributed by atoms with E-state index in [0.717, 1.165) is 18.7 Å². The van der Waals surface area contributed by atoms with Crippen molar-refractivity contribution >= 4 is 5.71 Å². The van der Waals surface area contributed by atoms with Crippen molar-refractivity contribution in [3.63, 3.8) is 0 Å². The van der Waals surface area contributed by atoms with Crippen LogP contribution in [0.25, 0.3) is 0 Å². The Morgan fingerprint density at radius 2 is 1.96 bits per heavy atom. The summed E-state index contributed by atoms with van der Waals surface area (Å²) in [6.07, 6.45) is 5.81. The molecule has 0 aromatic rings. The normalized spacial score (nSPS) is 31.8. The van der Waals surface area contributed by atoms with E-state index in [-0.39, 0.29) is 23.7 Å². The lowest BCUT2D eigenvalue weighted by Crippen LogP contribution is -2.67. The van der Waals surface area contributed by atoms with E-state index < -0.39 is 0 Å². The van der Waals surface area contributed by atoms with Crippen molar-refractivity contribution < 1.29 is 9.94 Å². The third-order valence-corrected chi connectivity index (χ3v) is 5.96. The minimum absolute atomic E-state index is 0.0957. The summed E-state index contributed by atoms with van der Waals surface area (Å²) in [7, 11) is 0. The van der Waals surface area contributed by atoms with Gasteiger partial charge in [0.2, 0.25) is 0 Å². The Bertz CT molecular complexity index is 471. The number of aliphatic hydroxyl groups excluding tert-OH is 1. The van der Waals surface area contributed by atoms with Crippen molar-refractivity contribution in [1.82, 2.24) is 5.32 Å². The lowest BCUT2D eigenvalue weighted by Gasteiger charge is -2.52. The summed E-state index contributed by atoms with van der Waals surface area (Å²) < 4.78 is 0. The minimum Gasteiger partial charge on any atom is -0.396 e. The highest BCUT2D eigenvalue weighted by Crippen LogP contribution is 2.49. The van der Waals surface area contributed by atoms with E-state index in [0.29, 0.717) is 24.2 Å². The molecule has 0 aromatic heterocycles. The third-order valence-electron chi connectivity index (χ3n) is 5.96. The topological polar surface area (TPSA) is 53.9 Å². The van der Waals surface area contributed by atoms with Gasteiger partial charge in [-0.15, -0.1) is 0 Å². The zero-order valence-electron chi connectivity index (χ0n) is 17.6. The number of piperidine rings is 1. The van der Waals surface area contributed by atoms with Crippen LogP contribution in [0, 0.1) is 23.7 Å². The van der Waals surface area contributed by atoms with Crippen LogP contribution in [0.4, 0.5) is 0 Å². The first-order valence-electron chi connectivity index (χ1n) is 10.0. The summed E-state index contributed by atoms with van der Waals surface area (Å²) in [4.78, 5) is 6.12. The zero-order chi connectivity index (χ0) is 19.3. The molecule has 0 aliphatic carbocycles. The van der Waals surface area contributed by atoms with Crippen molar-refractivity contribution in [3.8, 4) is 0 Å². The molecular weight excluding hydrogens is 312 g/mol. The molecule has 0 saturated carbocycles. The molecule has 0 spiro atoms. The Morgan fingerprint density at radius 1 is 1.32 bits per heavy atom. The first-order valence-corrected chi connectivity index (χ1v) is 10.0. The van der Waals surface area contributed by atoms with Crippen molar-refractivity contribution in [1.29, 1.82) is 0 Å². The second kappa shape index (κ2) is 9.18. The summed E-state index contributed by atoms with van der Waals surface area (Å²) >= 11 is 0. The molecule has 146 valence electrons. The molecule has 4 heteroatoms. The number of allylic oxidation sites excluding steroid dienone is 2. The highest BCUT2D eigenvalue weighted by molar-refractivity contribution is 5.99. The van der Waals surface area contributed by atoms with E-state index >= 15 is 0 Å². The fourth-order valence-electron chi connectivity index (χ4n) is 4.32. The fraction of sp³-hybridized carbons (Fsp3) is 0.857. The van der Waals surface area contributed by atoms with Crippen LogP contribution in [0.1, 0.15) is 68.2 Å². The van der Waals surface area contributed by atoms with Gasteiger partial charge in [-0.05, 0) is 45.1 Å². The lowest BCUT2D eigenvalue weighted by molar-refractivity contribution is -0.139. The first kappa shape index (κ1) is 22.2. The largest absolute Gasteiger partial charge is 0.396 e. The van der Waals surface area contributed by atoms with Gasteiger partial charge in [0.25, 0.3) is 0 Å². The first-order chi connectivity index (χ1) is 11.8. The Balaban J connectivity index is 0.00000151. The molecule has 0 amide bonds. The molecule has 2 rings (SSSR count). The SMILES string of the molecule is C/C=C/C1=NOC2(CCO)C(CC(C)C(C)C)CNC(C)(C)C12.CC. The maximum Gasteiger partial charge on any atom is 0.154 e. The van der Waals surface area contributed by atoms with Crippen molar-refractivity contribution in [2.24, 2.45) is 28.8 Å². The van der Waals surface area contributed by atoms with E-state index in [9.17, 15) is 5.11 Å². The van der Waals surface area contributed by atoms with E-state index in [1.165, 1.54) is 0 Å². The van der Waals surface area contributed by atoms with Gasteiger partial charge in [0.15, 0.2) is 5.60 Å². The fourth-order valence-corrected chi connectivity index (χ4v) is 4.32. The third kappa shape index (κ3) is 4.46. The number of oxime groups is 1. The van der Waals surface area contributed by atoms with Crippen molar-refractivity contribution in [3.05, 3.63) is 12.2 Å². The van der Waals surface area contributed by atoms with E-state index in [1.807, 2.05) is 26.8 Å². The summed E-state index contributed by atoms with van der Waals surface area (Å²) in [5.41, 5.74) is 0.517. The van der Waals surface area contributed by atoms with Crippen LogP contribution in [-0.2, 0) is 4.84 Å². The van der Waals surface area contributed by atoms with Gasteiger partial charge in [0.1, 0.15) is 0 Å². The molecule has 4 unspecified atom stereocenters. The Morgan fingerprint density at radius 3 is 2.48 bits per heavy atom. The van der Waals surface area contributed by atoms with Crippen LogP contribution in [-0.4, -0.2) is 35.1 Å². The van der Waals surface area contributed by atoms with Gasteiger partial charge in [0.05, 0.1) is 11.6 Å². The Hall–Kier alpha value is -0.870. The van der Waals surface area contributed by atoms with Crippen LogP contribution in [0.3, 0.4) is 0 Å². The molecule has 1 fully saturated rings. The highest BCUT2D eigenvalue weighted by Gasteiger charge is 2.61. The molecule has 1 saturated heterocycles. The molecule has 4 nitrogen and oxygen atoms in total. The van der Waals surface area contributed by atoms with E-state index in [4.69, 9.17) is 4.84 Å². The highest BCUT2D eigenvalue weighted by atomic mass is 16.7. The van der Waals surface area contributed by atoms with Gasteiger partial charge in [-0.1, -0.05) is 45.9 Å². The number of aliphatic hydroxyl groups is 1. The van der Waals surface area contributed by atoms with Gasteiger partial charge in [-0.2, -0.15) is 0 Å². The Kier molecular flexibility index (Phi) is 8.14. The summed E-state index contributed by atoms with van der Waals surface area (Å²) in [5.74, 6) is 1.79.